The topological polar surface area (TPSA) is 83.8 Å². The van der Waals surface area contributed by atoms with E-state index in [1.165, 1.54) is 4.90 Å². The summed E-state index contributed by atoms with van der Waals surface area (Å²) in [7, 11) is 1.66. The molecule has 1 aliphatic rings. The smallest absolute Gasteiger partial charge is 0.321 e. The molecule has 0 saturated carbocycles. The summed E-state index contributed by atoms with van der Waals surface area (Å²) in [6, 6.07) is 14.7. The predicted octanol–water partition coefficient (Wildman–Crippen LogP) is 3.62. The largest absolute Gasteiger partial charge is 0.489 e. The molecule has 7 nitrogen and oxygen atoms in total. The SMILES string of the molecule is C[C@@H](C#N)CN(C)C(=O)Nc1cccc(COc2ccc3c(c2)OCO3)c1. The Morgan fingerprint density at radius 2 is 2.11 bits per heavy atom. The van der Waals surface area contributed by atoms with Gasteiger partial charge >= 0.3 is 6.03 Å². The first-order chi connectivity index (χ1) is 13.0. The summed E-state index contributed by atoms with van der Waals surface area (Å²) in [5.41, 5.74) is 1.58. The highest BCUT2D eigenvalue weighted by Gasteiger charge is 2.14. The Balaban J connectivity index is 1.57. The lowest BCUT2D eigenvalue weighted by atomic mass is 10.2. The molecule has 0 aliphatic carbocycles. The second kappa shape index (κ2) is 8.32. The maximum atomic E-state index is 12.2. The molecule has 0 aromatic heterocycles. The van der Waals surface area contributed by atoms with E-state index >= 15 is 0 Å². The summed E-state index contributed by atoms with van der Waals surface area (Å²) in [6.07, 6.45) is 0. The minimum Gasteiger partial charge on any atom is -0.489 e. The molecule has 0 fully saturated rings. The average molecular weight is 367 g/mol. The van der Waals surface area contributed by atoms with Gasteiger partial charge in [0.2, 0.25) is 6.79 Å². The fourth-order valence-corrected chi connectivity index (χ4v) is 2.63. The summed E-state index contributed by atoms with van der Waals surface area (Å²) < 4.78 is 16.4. The van der Waals surface area contributed by atoms with E-state index in [2.05, 4.69) is 11.4 Å². The number of urea groups is 1. The second-order valence-electron chi connectivity index (χ2n) is 6.34. The van der Waals surface area contributed by atoms with Crippen LogP contribution in [0.1, 0.15) is 12.5 Å². The molecule has 2 aromatic carbocycles. The van der Waals surface area contributed by atoms with E-state index < -0.39 is 0 Å². The summed E-state index contributed by atoms with van der Waals surface area (Å²) in [5.74, 6) is 1.84. The molecule has 1 heterocycles. The number of nitrogens with one attached hydrogen (secondary N) is 1. The van der Waals surface area contributed by atoms with Gasteiger partial charge in [-0.15, -0.1) is 0 Å². The van der Waals surface area contributed by atoms with Crippen LogP contribution in [0.4, 0.5) is 10.5 Å². The van der Waals surface area contributed by atoms with Crippen molar-refractivity contribution in [3.05, 3.63) is 48.0 Å². The van der Waals surface area contributed by atoms with Crippen molar-refractivity contribution in [2.24, 2.45) is 5.92 Å². The Bertz CT molecular complexity index is 863. The number of amides is 2. The van der Waals surface area contributed by atoms with Crippen molar-refractivity contribution in [2.45, 2.75) is 13.5 Å². The number of carbonyl (C=O) groups is 1. The minimum atomic E-state index is -0.258. The molecule has 0 bridgehead atoms. The number of anilines is 1. The number of hydrogen-bond acceptors (Lipinski definition) is 5. The van der Waals surface area contributed by atoms with E-state index in [4.69, 9.17) is 19.5 Å². The number of fused-ring (bicyclic) bond motifs is 1. The van der Waals surface area contributed by atoms with Crippen LogP contribution < -0.4 is 19.5 Å². The molecule has 27 heavy (non-hydrogen) atoms. The van der Waals surface area contributed by atoms with Crippen LogP contribution in [-0.2, 0) is 6.61 Å². The molecule has 1 aliphatic heterocycles. The third-order valence-corrected chi connectivity index (χ3v) is 4.04. The molecule has 1 atom stereocenters. The first-order valence-corrected chi connectivity index (χ1v) is 8.58. The van der Waals surface area contributed by atoms with Crippen molar-refractivity contribution in [3.63, 3.8) is 0 Å². The quantitative estimate of drug-likeness (QED) is 0.843. The van der Waals surface area contributed by atoms with Crippen LogP contribution in [0.25, 0.3) is 0 Å². The Morgan fingerprint density at radius 3 is 2.93 bits per heavy atom. The summed E-state index contributed by atoms with van der Waals surface area (Å²) in [6.45, 7) is 2.72. The zero-order valence-electron chi connectivity index (χ0n) is 15.3. The van der Waals surface area contributed by atoms with Gasteiger partial charge in [0.15, 0.2) is 11.5 Å². The van der Waals surface area contributed by atoms with Crippen molar-refractivity contribution in [1.29, 1.82) is 5.26 Å². The second-order valence-corrected chi connectivity index (χ2v) is 6.34. The average Bonchev–Trinajstić information content (AvgIpc) is 3.14. The van der Waals surface area contributed by atoms with E-state index in [0.717, 1.165) is 5.56 Å². The number of nitrogens with zero attached hydrogens (tertiary/aromatic N) is 2. The molecule has 2 aromatic rings. The molecule has 0 spiro atoms. The summed E-state index contributed by atoms with van der Waals surface area (Å²) >= 11 is 0. The van der Waals surface area contributed by atoms with Crippen LogP contribution >= 0.6 is 0 Å². The first-order valence-electron chi connectivity index (χ1n) is 8.58. The summed E-state index contributed by atoms with van der Waals surface area (Å²) in [5, 5.41) is 11.7. The van der Waals surface area contributed by atoms with Gasteiger partial charge in [0.25, 0.3) is 0 Å². The lowest BCUT2D eigenvalue weighted by Gasteiger charge is -2.19. The monoisotopic (exact) mass is 367 g/mol. The van der Waals surface area contributed by atoms with Crippen molar-refractivity contribution in [2.75, 3.05) is 25.7 Å². The minimum absolute atomic E-state index is 0.220. The van der Waals surface area contributed by atoms with Crippen molar-refractivity contribution in [3.8, 4) is 23.3 Å². The van der Waals surface area contributed by atoms with Crippen LogP contribution in [0.15, 0.2) is 42.5 Å². The maximum absolute atomic E-state index is 12.2. The molecule has 2 amide bonds. The standard InChI is InChI=1S/C20H21N3O4/c1-14(10-21)11-23(2)20(24)22-16-5-3-4-15(8-16)12-25-17-6-7-18-19(9-17)27-13-26-18/h3-9,14H,11-13H2,1-2H3,(H,22,24)/t14-/m0/s1. The zero-order chi connectivity index (χ0) is 19.2. The van der Waals surface area contributed by atoms with Crippen LogP contribution in [0, 0.1) is 17.2 Å². The molecule has 140 valence electrons. The normalized spacial score (nSPS) is 12.8. The third kappa shape index (κ3) is 4.82. The molecule has 3 rings (SSSR count). The number of carbonyl (C=O) groups excluding carboxylic acids is 1. The number of nitriles is 1. The first kappa shape index (κ1) is 18.4. The van der Waals surface area contributed by atoms with Crippen LogP contribution in [0.3, 0.4) is 0 Å². The van der Waals surface area contributed by atoms with E-state index in [1.54, 1.807) is 20.0 Å². The number of hydrogen-bond donors (Lipinski definition) is 1. The Hall–Kier alpha value is -3.40. The van der Waals surface area contributed by atoms with E-state index in [9.17, 15) is 4.79 Å². The van der Waals surface area contributed by atoms with Gasteiger partial charge in [-0.2, -0.15) is 5.26 Å². The van der Waals surface area contributed by atoms with Gasteiger partial charge in [0.05, 0.1) is 12.0 Å². The molecule has 7 heteroatoms. The molecule has 0 saturated heterocycles. The van der Waals surface area contributed by atoms with Gasteiger partial charge in [-0.05, 0) is 36.8 Å². The Kier molecular flexibility index (Phi) is 5.67. The van der Waals surface area contributed by atoms with E-state index in [1.807, 2.05) is 36.4 Å². The van der Waals surface area contributed by atoms with E-state index in [0.29, 0.717) is 36.1 Å². The Morgan fingerprint density at radius 1 is 1.30 bits per heavy atom. The Labute approximate surface area is 158 Å². The predicted molar refractivity (Wildman–Crippen MR) is 99.8 cm³/mol. The number of benzene rings is 2. The number of rotatable bonds is 6. The fraction of sp³-hybridized carbons (Fsp3) is 0.300. The van der Waals surface area contributed by atoms with Crippen LogP contribution in [-0.4, -0.2) is 31.3 Å². The van der Waals surface area contributed by atoms with E-state index in [-0.39, 0.29) is 18.7 Å². The fourth-order valence-electron chi connectivity index (χ4n) is 2.63. The molecular formula is C20H21N3O4. The van der Waals surface area contributed by atoms with Crippen molar-refractivity contribution >= 4 is 11.7 Å². The molecule has 0 unspecified atom stereocenters. The van der Waals surface area contributed by atoms with Crippen LogP contribution in [0.2, 0.25) is 0 Å². The van der Waals surface area contributed by atoms with Crippen molar-refractivity contribution in [1.82, 2.24) is 4.90 Å². The van der Waals surface area contributed by atoms with Gasteiger partial charge in [-0.25, -0.2) is 4.79 Å². The van der Waals surface area contributed by atoms with Gasteiger partial charge in [0, 0.05) is 25.3 Å². The molecular weight excluding hydrogens is 346 g/mol. The maximum Gasteiger partial charge on any atom is 0.321 e. The lowest BCUT2D eigenvalue weighted by molar-refractivity contribution is 0.173. The highest BCUT2D eigenvalue weighted by molar-refractivity contribution is 5.89. The van der Waals surface area contributed by atoms with Gasteiger partial charge in [-0.1, -0.05) is 12.1 Å². The highest BCUT2D eigenvalue weighted by atomic mass is 16.7. The molecule has 0 radical (unpaired) electrons. The van der Waals surface area contributed by atoms with Gasteiger partial charge < -0.3 is 24.4 Å². The lowest BCUT2D eigenvalue weighted by Crippen LogP contribution is -2.34. The van der Waals surface area contributed by atoms with Gasteiger partial charge in [-0.3, -0.25) is 0 Å². The third-order valence-electron chi connectivity index (χ3n) is 4.04. The number of ether oxygens (including phenoxy) is 3. The van der Waals surface area contributed by atoms with Gasteiger partial charge in [0.1, 0.15) is 12.4 Å². The highest BCUT2D eigenvalue weighted by Crippen LogP contribution is 2.35. The summed E-state index contributed by atoms with van der Waals surface area (Å²) in [4.78, 5) is 13.7. The van der Waals surface area contributed by atoms with Crippen LogP contribution in [0.5, 0.6) is 17.2 Å². The molecule has 1 N–H and O–H groups in total. The van der Waals surface area contributed by atoms with Crippen molar-refractivity contribution < 1.29 is 19.0 Å². The zero-order valence-corrected chi connectivity index (χ0v) is 15.3.